The van der Waals surface area contributed by atoms with Gasteiger partial charge in [0, 0.05) is 45.1 Å². The number of pyridine rings is 1. The highest BCUT2D eigenvalue weighted by Crippen LogP contribution is 2.12. The summed E-state index contributed by atoms with van der Waals surface area (Å²) in [6, 6.07) is 9.36. The Morgan fingerprint density at radius 1 is 1.07 bits per heavy atom. The first-order chi connectivity index (χ1) is 13.6. The Morgan fingerprint density at radius 2 is 1.75 bits per heavy atom. The Hall–Kier alpha value is -2.93. The van der Waals surface area contributed by atoms with Crippen molar-refractivity contribution in [2.75, 3.05) is 46.9 Å². The van der Waals surface area contributed by atoms with E-state index in [4.69, 9.17) is 4.74 Å². The van der Waals surface area contributed by atoms with Crippen LogP contribution in [0, 0.1) is 0 Å². The van der Waals surface area contributed by atoms with Crippen molar-refractivity contribution in [3.05, 3.63) is 59.4 Å². The van der Waals surface area contributed by atoms with Crippen LogP contribution in [0.25, 0.3) is 0 Å². The molecule has 7 nitrogen and oxygen atoms in total. The van der Waals surface area contributed by atoms with Gasteiger partial charge in [-0.25, -0.2) is 0 Å². The first-order valence-electron chi connectivity index (χ1n) is 9.41. The summed E-state index contributed by atoms with van der Waals surface area (Å²) in [5.41, 5.74) is 1.96. The van der Waals surface area contributed by atoms with Gasteiger partial charge in [0.25, 0.3) is 11.8 Å². The second kappa shape index (κ2) is 9.32. The summed E-state index contributed by atoms with van der Waals surface area (Å²) in [4.78, 5) is 33.2. The molecule has 1 aromatic heterocycles. The monoisotopic (exact) mass is 382 g/mol. The van der Waals surface area contributed by atoms with Crippen molar-refractivity contribution in [1.29, 1.82) is 0 Å². The molecule has 28 heavy (non-hydrogen) atoms. The molecule has 1 aliphatic heterocycles. The molecule has 1 fully saturated rings. The molecule has 0 radical (unpaired) electrons. The van der Waals surface area contributed by atoms with Crippen molar-refractivity contribution < 1.29 is 14.3 Å². The lowest BCUT2D eigenvalue weighted by molar-refractivity contribution is 0.0663. The molecule has 0 unspecified atom stereocenters. The first kappa shape index (κ1) is 19.8. The molecule has 1 N–H and O–H groups in total. The van der Waals surface area contributed by atoms with Gasteiger partial charge in [0.05, 0.1) is 18.2 Å². The van der Waals surface area contributed by atoms with Gasteiger partial charge in [0.2, 0.25) is 0 Å². The molecule has 0 atom stereocenters. The van der Waals surface area contributed by atoms with Gasteiger partial charge in [-0.05, 0) is 37.2 Å². The van der Waals surface area contributed by atoms with Gasteiger partial charge >= 0.3 is 0 Å². The van der Waals surface area contributed by atoms with E-state index in [2.05, 4.69) is 15.2 Å². The number of ether oxygens (including phenoxy) is 1. The molecule has 0 saturated carbocycles. The van der Waals surface area contributed by atoms with Crippen LogP contribution in [0.4, 0.5) is 0 Å². The molecule has 1 saturated heterocycles. The molecular formula is C21H26N4O3. The number of likely N-dealkylation sites (N-methyl/N-ethyl adjacent to an activating group) is 1. The third-order valence-corrected chi connectivity index (χ3v) is 4.90. The van der Waals surface area contributed by atoms with Crippen LogP contribution in [0.3, 0.4) is 0 Å². The van der Waals surface area contributed by atoms with Crippen LogP contribution in [0.2, 0.25) is 0 Å². The van der Waals surface area contributed by atoms with Crippen molar-refractivity contribution >= 4 is 11.8 Å². The van der Waals surface area contributed by atoms with Crippen LogP contribution < -0.4 is 10.1 Å². The fourth-order valence-electron chi connectivity index (χ4n) is 3.09. The summed E-state index contributed by atoms with van der Waals surface area (Å²) in [7, 11) is 3.67. The van der Waals surface area contributed by atoms with E-state index < -0.39 is 0 Å². The van der Waals surface area contributed by atoms with E-state index in [1.807, 2.05) is 36.2 Å². The van der Waals surface area contributed by atoms with Crippen molar-refractivity contribution in [1.82, 2.24) is 20.1 Å². The lowest BCUT2D eigenvalue weighted by atomic mass is 10.1. The van der Waals surface area contributed by atoms with Gasteiger partial charge in [0.1, 0.15) is 5.75 Å². The SMILES string of the molecule is COc1ccc(CCNC(=O)c2cncc(C(=O)N3CCN(C)CC3)c2)cc1. The van der Waals surface area contributed by atoms with Gasteiger partial charge in [0.15, 0.2) is 0 Å². The van der Waals surface area contributed by atoms with E-state index in [-0.39, 0.29) is 11.8 Å². The van der Waals surface area contributed by atoms with Crippen LogP contribution in [-0.4, -0.2) is 73.5 Å². The number of piperazine rings is 1. The minimum Gasteiger partial charge on any atom is -0.497 e. The minimum absolute atomic E-state index is 0.0755. The van der Waals surface area contributed by atoms with E-state index in [1.165, 1.54) is 12.4 Å². The highest BCUT2D eigenvalue weighted by molar-refractivity contribution is 5.99. The molecule has 1 aromatic carbocycles. The van der Waals surface area contributed by atoms with Gasteiger partial charge in [-0.15, -0.1) is 0 Å². The number of aromatic nitrogens is 1. The van der Waals surface area contributed by atoms with Crippen LogP contribution in [0.1, 0.15) is 26.3 Å². The molecule has 2 heterocycles. The smallest absolute Gasteiger partial charge is 0.255 e. The standard InChI is InChI=1S/C21H26N4O3/c1-24-9-11-25(12-10-24)21(27)18-13-17(14-22-15-18)20(26)23-8-7-16-3-5-19(28-2)6-4-16/h3-6,13-15H,7-12H2,1-2H3,(H,23,26). The van der Waals surface area contributed by atoms with E-state index in [0.29, 0.717) is 37.2 Å². The average Bonchev–Trinajstić information content (AvgIpc) is 2.74. The molecule has 1 aliphatic rings. The lowest BCUT2D eigenvalue weighted by Crippen LogP contribution is -2.47. The molecular weight excluding hydrogens is 356 g/mol. The Kier molecular flexibility index (Phi) is 6.60. The number of nitrogens with one attached hydrogen (secondary N) is 1. The zero-order valence-electron chi connectivity index (χ0n) is 16.4. The summed E-state index contributed by atoms with van der Waals surface area (Å²) in [6.45, 7) is 3.58. The maximum Gasteiger partial charge on any atom is 0.255 e. The number of benzene rings is 1. The van der Waals surface area contributed by atoms with Crippen LogP contribution in [0.5, 0.6) is 5.75 Å². The van der Waals surface area contributed by atoms with Crippen molar-refractivity contribution in [2.24, 2.45) is 0 Å². The molecule has 0 bridgehead atoms. The van der Waals surface area contributed by atoms with Crippen molar-refractivity contribution in [3.63, 3.8) is 0 Å². The van der Waals surface area contributed by atoms with Gasteiger partial charge in [-0.1, -0.05) is 12.1 Å². The minimum atomic E-state index is -0.228. The number of rotatable bonds is 6. The molecule has 7 heteroatoms. The van der Waals surface area contributed by atoms with E-state index in [0.717, 1.165) is 24.4 Å². The van der Waals surface area contributed by atoms with Gasteiger partial charge in [-0.2, -0.15) is 0 Å². The van der Waals surface area contributed by atoms with E-state index in [9.17, 15) is 9.59 Å². The molecule has 3 rings (SSSR count). The second-order valence-electron chi connectivity index (χ2n) is 6.91. The third-order valence-electron chi connectivity index (χ3n) is 4.90. The molecule has 0 aliphatic carbocycles. The summed E-state index contributed by atoms with van der Waals surface area (Å²) >= 11 is 0. The number of hydrogen-bond donors (Lipinski definition) is 1. The second-order valence-corrected chi connectivity index (χ2v) is 6.91. The molecule has 148 valence electrons. The molecule has 2 aromatic rings. The largest absolute Gasteiger partial charge is 0.497 e. The van der Waals surface area contributed by atoms with Crippen LogP contribution in [0.15, 0.2) is 42.7 Å². The van der Waals surface area contributed by atoms with Crippen molar-refractivity contribution in [3.8, 4) is 5.75 Å². The maximum atomic E-state index is 12.7. The third kappa shape index (κ3) is 5.07. The Morgan fingerprint density at radius 3 is 2.43 bits per heavy atom. The predicted octanol–water partition coefficient (Wildman–Crippen LogP) is 1.45. The number of amides is 2. The molecule has 0 spiro atoms. The normalized spacial score (nSPS) is 14.6. The van der Waals surface area contributed by atoms with Gasteiger partial charge < -0.3 is 19.9 Å². The zero-order chi connectivity index (χ0) is 19.9. The highest BCUT2D eigenvalue weighted by atomic mass is 16.5. The number of nitrogens with zero attached hydrogens (tertiary/aromatic N) is 3. The maximum absolute atomic E-state index is 12.7. The summed E-state index contributed by atoms with van der Waals surface area (Å²) in [6.07, 6.45) is 3.72. The van der Waals surface area contributed by atoms with Crippen LogP contribution in [-0.2, 0) is 6.42 Å². The molecule has 2 amide bonds. The Labute approximate surface area is 165 Å². The predicted molar refractivity (Wildman–Crippen MR) is 107 cm³/mol. The zero-order valence-corrected chi connectivity index (χ0v) is 16.4. The van der Waals surface area contributed by atoms with Crippen LogP contribution >= 0.6 is 0 Å². The summed E-state index contributed by atoms with van der Waals surface area (Å²) in [5, 5.41) is 2.89. The number of carbonyl (C=O) groups excluding carboxylic acids is 2. The highest BCUT2D eigenvalue weighted by Gasteiger charge is 2.21. The quantitative estimate of drug-likeness (QED) is 0.819. The average molecular weight is 382 g/mol. The number of methoxy groups -OCH3 is 1. The van der Waals surface area contributed by atoms with Crippen molar-refractivity contribution in [2.45, 2.75) is 6.42 Å². The summed E-state index contributed by atoms with van der Waals surface area (Å²) in [5.74, 6) is 0.503. The number of hydrogen-bond acceptors (Lipinski definition) is 5. The first-order valence-corrected chi connectivity index (χ1v) is 9.41. The topological polar surface area (TPSA) is 74.8 Å². The number of carbonyl (C=O) groups is 2. The Bertz CT molecular complexity index is 815. The summed E-state index contributed by atoms with van der Waals surface area (Å²) < 4.78 is 5.14. The fraction of sp³-hybridized carbons (Fsp3) is 0.381. The van der Waals surface area contributed by atoms with E-state index in [1.54, 1.807) is 13.2 Å². The van der Waals surface area contributed by atoms with E-state index >= 15 is 0 Å². The fourth-order valence-corrected chi connectivity index (χ4v) is 3.09. The Balaban J connectivity index is 1.55. The lowest BCUT2D eigenvalue weighted by Gasteiger charge is -2.32. The van der Waals surface area contributed by atoms with Gasteiger partial charge in [-0.3, -0.25) is 14.6 Å².